The van der Waals surface area contributed by atoms with Gasteiger partial charge in [-0.3, -0.25) is 0 Å². The smallest absolute Gasteiger partial charge is 0.196 e. The van der Waals surface area contributed by atoms with Crippen molar-refractivity contribution >= 4 is 37.5 Å². The number of nitrogens with zero attached hydrogens (tertiary/aromatic N) is 1. The first-order chi connectivity index (χ1) is 7.56. The lowest BCUT2D eigenvalue weighted by Crippen LogP contribution is -2.11. The highest BCUT2D eigenvalue weighted by molar-refractivity contribution is 9.10. The fourth-order valence-corrected chi connectivity index (χ4v) is 3.66. The second-order valence-electron chi connectivity index (χ2n) is 3.03. The van der Waals surface area contributed by atoms with Crippen molar-refractivity contribution in [3.63, 3.8) is 0 Å². The Morgan fingerprint density at radius 2 is 2.12 bits per heavy atom. The molecule has 0 spiro atoms. The van der Waals surface area contributed by atoms with Gasteiger partial charge in [-0.1, -0.05) is 0 Å². The maximum Gasteiger partial charge on any atom is 0.196 e. The van der Waals surface area contributed by atoms with Crippen molar-refractivity contribution in [2.75, 3.05) is 23.8 Å². The van der Waals surface area contributed by atoms with Gasteiger partial charge >= 0.3 is 0 Å². The number of pyridine rings is 1. The van der Waals surface area contributed by atoms with Crippen LogP contribution >= 0.6 is 27.7 Å². The molecule has 1 heterocycles. The van der Waals surface area contributed by atoms with Gasteiger partial charge in [-0.15, -0.1) is 0 Å². The van der Waals surface area contributed by atoms with E-state index in [-0.39, 0.29) is 10.8 Å². The molecule has 0 aliphatic carbocycles. The maximum atomic E-state index is 11.8. The summed E-state index contributed by atoms with van der Waals surface area (Å²) in [5, 5.41) is 0.129. The van der Waals surface area contributed by atoms with Crippen LogP contribution in [-0.2, 0) is 9.84 Å². The number of sulfone groups is 1. The van der Waals surface area contributed by atoms with Crippen molar-refractivity contribution < 1.29 is 8.42 Å². The number of hydrogen-bond acceptors (Lipinski definition) is 5. The van der Waals surface area contributed by atoms with E-state index in [1.807, 2.05) is 0 Å². The van der Waals surface area contributed by atoms with Gasteiger partial charge in [0.05, 0.1) is 5.75 Å². The van der Waals surface area contributed by atoms with Crippen LogP contribution in [0.15, 0.2) is 27.8 Å². The minimum Gasteiger partial charge on any atom is -0.330 e. The first-order valence-corrected chi connectivity index (χ1v) is 8.28. The zero-order valence-corrected chi connectivity index (χ0v) is 11.8. The molecule has 0 bridgehead atoms. The van der Waals surface area contributed by atoms with E-state index in [2.05, 4.69) is 20.9 Å². The molecule has 0 aliphatic rings. The highest BCUT2D eigenvalue weighted by atomic mass is 79.9. The van der Waals surface area contributed by atoms with Crippen molar-refractivity contribution in [2.24, 2.45) is 5.73 Å². The summed E-state index contributed by atoms with van der Waals surface area (Å²) in [7, 11) is -3.25. The molecule has 0 amide bonds. The molecule has 1 aromatic rings. The van der Waals surface area contributed by atoms with E-state index in [4.69, 9.17) is 5.73 Å². The van der Waals surface area contributed by atoms with Crippen LogP contribution in [0.3, 0.4) is 0 Å². The van der Waals surface area contributed by atoms with E-state index in [1.54, 1.807) is 6.07 Å². The Hall–Kier alpha value is -0.110. The van der Waals surface area contributed by atoms with Crippen LogP contribution in [-0.4, -0.2) is 37.2 Å². The van der Waals surface area contributed by atoms with Crippen molar-refractivity contribution in [2.45, 2.75) is 5.03 Å². The number of aromatic nitrogens is 1. The van der Waals surface area contributed by atoms with E-state index >= 15 is 0 Å². The summed E-state index contributed by atoms with van der Waals surface area (Å²) in [5.74, 6) is 1.44. The molecule has 0 aromatic carbocycles. The molecular weight excluding hydrogens is 312 g/mol. The Balaban J connectivity index is 2.60. The summed E-state index contributed by atoms with van der Waals surface area (Å²) in [6.07, 6.45) is 1.49. The molecule has 0 unspecified atom stereocenters. The van der Waals surface area contributed by atoms with Crippen LogP contribution in [0.4, 0.5) is 0 Å². The predicted molar refractivity (Wildman–Crippen MR) is 70.4 cm³/mol. The van der Waals surface area contributed by atoms with Crippen LogP contribution in [0.1, 0.15) is 0 Å². The minimum atomic E-state index is -3.25. The van der Waals surface area contributed by atoms with Gasteiger partial charge in [0.1, 0.15) is 0 Å². The summed E-state index contributed by atoms with van der Waals surface area (Å²) in [6.45, 7) is 0.571. The average Bonchev–Trinajstić information content (AvgIpc) is 2.25. The quantitative estimate of drug-likeness (QED) is 0.799. The van der Waals surface area contributed by atoms with E-state index in [1.165, 1.54) is 24.0 Å². The van der Waals surface area contributed by atoms with Gasteiger partial charge in [0.25, 0.3) is 0 Å². The molecule has 0 saturated carbocycles. The Morgan fingerprint density at radius 3 is 2.69 bits per heavy atom. The largest absolute Gasteiger partial charge is 0.330 e. The third kappa shape index (κ3) is 4.40. The predicted octanol–water partition coefficient (Wildman–Crippen LogP) is 1.31. The topological polar surface area (TPSA) is 73.1 Å². The molecule has 4 nitrogen and oxygen atoms in total. The van der Waals surface area contributed by atoms with E-state index in [9.17, 15) is 8.42 Å². The Kier molecular flexibility index (Phi) is 5.74. The van der Waals surface area contributed by atoms with Crippen LogP contribution in [0, 0.1) is 0 Å². The third-order valence-corrected chi connectivity index (χ3v) is 5.14. The van der Waals surface area contributed by atoms with Crippen LogP contribution in [0.25, 0.3) is 0 Å². The fourth-order valence-electron chi connectivity index (χ4n) is 1.00. The van der Waals surface area contributed by atoms with E-state index < -0.39 is 9.84 Å². The summed E-state index contributed by atoms with van der Waals surface area (Å²) < 4.78 is 24.3. The Labute approximate surface area is 108 Å². The van der Waals surface area contributed by atoms with Gasteiger partial charge < -0.3 is 5.73 Å². The maximum absolute atomic E-state index is 11.8. The third-order valence-electron chi connectivity index (χ3n) is 1.78. The molecule has 2 N–H and O–H groups in total. The van der Waals surface area contributed by atoms with Crippen molar-refractivity contribution in [3.05, 3.63) is 22.8 Å². The second-order valence-corrected chi connectivity index (χ2v) is 7.23. The zero-order chi connectivity index (χ0) is 12.0. The fraction of sp³-hybridized carbons (Fsp3) is 0.444. The standard InChI is InChI=1S/C9H13BrN2O2S2/c10-8-1-2-9(12-7-8)16(13,14)6-5-15-4-3-11/h1-2,7H,3-6,11H2. The number of halogens is 1. The molecule has 0 radical (unpaired) electrons. The van der Waals surface area contributed by atoms with Crippen LogP contribution < -0.4 is 5.73 Å². The number of rotatable bonds is 6. The first-order valence-electron chi connectivity index (χ1n) is 4.68. The molecule has 0 aliphatic heterocycles. The zero-order valence-electron chi connectivity index (χ0n) is 8.60. The first kappa shape index (κ1) is 14.0. The summed E-state index contributed by atoms with van der Waals surface area (Å²) in [4.78, 5) is 3.88. The van der Waals surface area contributed by atoms with Gasteiger partial charge in [0.15, 0.2) is 14.9 Å². The molecule has 0 fully saturated rings. The van der Waals surface area contributed by atoms with Crippen molar-refractivity contribution in [1.82, 2.24) is 4.98 Å². The molecule has 1 rings (SSSR count). The Bertz CT molecular complexity index is 420. The number of hydrogen-bond donors (Lipinski definition) is 1. The summed E-state index contributed by atoms with van der Waals surface area (Å²) in [6, 6.07) is 3.18. The van der Waals surface area contributed by atoms with E-state index in [0.29, 0.717) is 12.3 Å². The van der Waals surface area contributed by atoms with Gasteiger partial charge in [-0.25, -0.2) is 13.4 Å². The molecule has 0 saturated heterocycles. The van der Waals surface area contributed by atoms with Crippen LogP contribution in [0.2, 0.25) is 0 Å². The van der Waals surface area contributed by atoms with Crippen molar-refractivity contribution in [3.8, 4) is 0 Å². The van der Waals surface area contributed by atoms with Crippen molar-refractivity contribution in [1.29, 1.82) is 0 Å². The van der Waals surface area contributed by atoms with Gasteiger partial charge in [-0.2, -0.15) is 11.8 Å². The highest BCUT2D eigenvalue weighted by Gasteiger charge is 2.15. The SMILES string of the molecule is NCCSCCS(=O)(=O)c1ccc(Br)cn1. The lowest BCUT2D eigenvalue weighted by molar-refractivity contribution is 0.594. The number of nitrogens with two attached hydrogens (primary N) is 1. The van der Waals surface area contributed by atoms with Crippen LogP contribution in [0.5, 0.6) is 0 Å². The second kappa shape index (κ2) is 6.58. The molecule has 0 atom stereocenters. The van der Waals surface area contributed by atoms with E-state index in [0.717, 1.165) is 10.2 Å². The lowest BCUT2D eigenvalue weighted by atomic mass is 10.5. The molecule has 1 aromatic heterocycles. The molecular formula is C9H13BrN2O2S2. The lowest BCUT2D eigenvalue weighted by Gasteiger charge is -2.03. The number of thioether (sulfide) groups is 1. The monoisotopic (exact) mass is 324 g/mol. The minimum absolute atomic E-state index is 0.103. The highest BCUT2D eigenvalue weighted by Crippen LogP contribution is 2.13. The van der Waals surface area contributed by atoms with Gasteiger partial charge in [0.2, 0.25) is 0 Å². The summed E-state index contributed by atoms with van der Waals surface area (Å²) >= 11 is 4.75. The summed E-state index contributed by atoms with van der Waals surface area (Å²) in [5.41, 5.74) is 5.32. The normalized spacial score (nSPS) is 11.6. The average molecular weight is 325 g/mol. The van der Waals surface area contributed by atoms with Gasteiger partial charge in [0, 0.05) is 28.7 Å². The molecule has 16 heavy (non-hydrogen) atoms. The molecule has 7 heteroatoms. The molecule has 90 valence electrons. The van der Waals surface area contributed by atoms with Gasteiger partial charge in [-0.05, 0) is 28.1 Å². The Morgan fingerprint density at radius 1 is 1.38 bits per heavy atom.